The number of rotatable bonds is 2. The van der Waals surface area contributed by atoms with Crippen molar-refractivity contribution in [1.29, 1.82) is 0 Å². The molecule has 100 valence electrons. The Labute approximate surface area is 114 Å². The second-order valence-corrected chi connectivity index (χ2v) is 6.20. The molecule has 1 saturated carbocycles. The number of halogens is 4. The third-order valence-electron chi connectivity index (χ3n) is 3.81. The Bertz CT molecular complexity index is 425. The maximum atomic E-state index is 13.7. The van der Waals surface area contributed by atoms with E-state index in [9.17, 15) is 13.2 Å². The minimum atomic E-state index is -1.13. The van der Waals surface area contributed by atoms with Crippen molar-refractivity contribution in [2.45, 2.75) is 37.4 Å². The monoisotopic (exact) mass is 320 g/mol. The molecular weight excluding hydrogens is 305 g/mol. The van der Waals surface area contributed by atoms with Gasteiger partial charge < -0.3 is 0 Å². The summed E-state index contributed by atoms with van der Waals surface area (Å²) in [5.74, 6) is -1.79. The smallest absolute Gasteiger partial charge is 0.161 e. The maximum absolute atomic E-state index is 13.7. The fourth-order valence-corrected chi connectivity index (χ4v) is 3.46. The zero-order valence-electron chi connectivity index (χ0n) is 10.2. The van der Waals surface area contributed by atoms with E-state index < -0.39 is 17.5 Å². The van der Waals surface area contributed by atoms with Crippen LogP contribution < -0.4 is 0 Å². The molecule has 0 spiro atoms. The highest BCUT2D eigenvalue weighted by atomic mass is 79.9. The molecular formula is C14H16BrF3. The topological polar surface area (TPSA) is 0 Å². The Morgan fingerprint density at radius 1 is 1.00 bits per heavy atom. The predicted octanol–water partition coefficient (Wildman–Crippen LogP) is 5.37. The lowest BCUT2D eigenvalue weighted by Crippen LogP contribution is -2.17. The Kier molecular flexibility index (Phi) is 4.36. The molecule has 0 bridgehead atoms. The van der Waals surface area contributed by atoms with E-state index in [4.69, 9.17) is 0 Å². The molecule has 18 heavy (non-hydrogen) atoms. The van der Waals surface area contributed by atoms with Gasteiger partial charge in [0.1, 0.15) is 5.82 Å². The average molecular weight is 321 g/mol. The van der Waals surface area contributed by atoms with Gasteiger partial charge in [-0.1, -0.05) is 35.7 Å². The van der Waals surface area contributed by atoms with Crippen LogP contribution >= 0.6 is 15.9 Å². The van der Waals surface area contributed by atoms with Crippen molar-refractivity contribution in [3.8, 4) is 0 Å². The molecule has 4 heteroatoms. The number of hydrogen-bond donors (Lipinski definition) is 0. The summed E-state index contributed by atoms with van der Waals surface area (Å²) in [7, 11) is 0. The van der Waals surface area contributed by atoms with E-state index >= 15 is 0 Å². The molecule has 0 radical (unpaired) electrons. The summed E-state index contributed by atoms with van der Waals surface area (Å²) in [4.78, 5) is -0.236. The minimum absolute atomic E-state index is 0.230. The molecule has 0 aliphatic heterocycles. The summed E-state index contributed by atoms with van der Waals surface area (Å²) in [6.07, 6.45) is 4.21. The Balaban J connectivity index is 2.18. The summed E-state index contributed by atoms with van der Waals surface area (Å²) < 4.78 is 39.7. The van der Waals surface area contributed by atoms with Gasteiger partial charge in [-0.15, -0.1) is 0 Å². The molecule has 0 nitrogen and oxygen atoms in total. The molecule has 1 atom stereocenters. The van der Waals surface area contributed by atoms with E-state index in [1.54, 1.807) is 0 Å². The summed E-state index contributed by atoms with van der Waals surface area (Å²) in [6.45, 7) is 2.21. The number of benzene rings is 1. The first kappa shape index (κ1) is 13.9. The second kappa shape index (κ2) is 5.64. The van der Waals surface area contributed by atoms with Crippen molar-refractivity contribution in [3.63, 3.8) is 0 Å². The van der Waals surface area contributed by atoms with E-state index in [1.165, 1.54) is 0 Å². The number of hydrogen-bond acceptors (Lipinski definition) is 0. The lowest BCUT2D eigenvalue weighted by atomic mass is 9.80. The largest absolute Gasteiger partial charge is 0.207 e. The highest BCUT2D eigenvalue weighted by Gasteiger charge is 2.28. The highest BCUT2D eigenvalue weighted by molar-refractivity contribution is 9.09. The molecule has 1 aromatic carbocycles. The van der Waals surface area contributed by atoms with Crippen LogP contribution in [0.5, 0.6) is 0 Å². The third-order valence-corrected chi connectivity index (χ3v) is 5.05. The van der Waals surface area contributed by atoms with Crippen molar-refractivity contribution in [2.75, 3.05) is 0 Å². The van der Waals surface area contributed by atoms with Crippen LogP contribution in [0.3, 0.4) is 0 Å². The first-order chi connectivity index (χ1) is 8.49. The van der Waals surface area contributed by atoms with Crippen LogP contribution in [0.15, 0.2) is 12.1 Å². The second-order valence-electron chi connectivity index (χ2n) is 5.21. The molecule has 1 fully saturated rings. The molecule has 0 saturated heterocycles. The van der Waals surface area contributed by atoms with Crippen LogP contribution in [0.25, 0.3) is 0 Å². The first-order valence-corrected chi connectivity index (χ1v) is 7.19. The van der Waals surface area contributed by atoms with E-state index in [1.807, 2.05) is 0 Å². The molecule has 1 aliphatic rings. The van der Waals surface area contributed by atoms with Gasteiger partial charge in [0.25, 0.3) is 0 Å². The van der Waals surface area contributed by atoms with Gasteiger partial charge in [0.2, 0.25) is 0 Å². The van der Waals surface area contributed by atoms with E-state index in [0.29, 0.717) is 17.9 Å². The van der Waals surface area contributed by atoms with Crippen LogP contribution in [0, 0.1) is 29.3 Å². The van der Waals surface area contributed by atoms with Gasteiger partial charge in [-0.25, -0.2) is 13.2 Å². The van der Waals surface area contributed by atoms with E-state index in [0.717, 1.165) is 31.7 Å². The van der Waals surface area contributed by atoms with Crippen LogP contribution in [0.4, 0.5) is 13.2 Å². The van der Waals surface area contributed by atoms with Crippen molar-refractivity contribution in [3.05, 3.63) is 35.1 Å². The average Bonchev–Trinajstić information content (AvgIpc) is 2.34. The zero-order valence-corrected chi connectivity index (χ0v) is 11.8. The summed E-state index contributed by atoms with van der Waals surface area (Å²) >= 11 is 3.45. The fourth-order valence-electron chi connectivity index (χ4n) is 2.58. The highest BCUT2D eigenvalue weighted by Crippen LogP contribution is 2.42. The summed E-state index contributed by atoms with van der Waals surface area (Å²) in [6, 6.07) is 1.60. The van der Waals surface area contributed by atoms with Gasteiger partial charge in [-0.2, -0.15) is 0 Å². The normalized spacial score (nSPS) is 26.1. The SMILES string of the molecule is CC1CCC(C(Br)c2cc(F)c(F)cc2F)CC1. The van der Waals surface area contributed by atoms with Crippen molar-refractivity contribution >= 4 is 15.9 Å². The summed E-state index contributed by atoms with van der Waals surface area (Å²) in [5, 5.41) is 0. The lowest BCUT2D eigenvalue weighted by Gasteiger charge is -2.30. The van der Waals surface area contributed by atoms with Crippen LogP contribution in [-0.2, 0) is 0 Å². The minimum Gasteiger partial charge on any atom is -0.207 e. The molecule has 1 unspecified atom stereocenters. The van der Waals surface area contributed by atoms with Crippen LogP contribution in [0.1, 0.15) is 43.0 Å². The Hall–Kier alpha value is -0.510. The Morgan fingerprint density at radius 2 is 1.56 bits per heavy atom. The molecule has 1 aromatic rings. The van der Waals surface area contributed by atoms with E-state index in [-0.39, 0.29) is 10.4 Å². The van der Waals surface area contributed by atoms with Crippen molar-refractivity contribution < 1.29 is 13.2 Å². The number of alkyl halides is 1. The molecule has 0 heterocycles. The maximum Gasteiger partial charge on any atom is 0.161 e. The lowest BCUT2D eigenvalue weighted by molar-refractivity contribution is 0.285. The Morgan fingerprint density at radius 3 is 2.17 bits per heavy atom. The van der Waals surface area contributed by atoms with Crippen molar-refractivity contribution in [1.82, 2.24) is 0 Å². The van der Waals surface area contributed by atoms with Gasteiger partial charge in [0.05, 0.1) is 0 Å². The van der Waals surface area contributed by atoms with Gasteiger partial charge in [0, 0.05) is 16.5 Å². The first-order valence-electron chi connectivity index (χ1n) is 6.27. The van der Waals surface area contributed by atoms with Crippen molar-refractivity contribution in [2.24, 2.45) is 11.8 Å². The van der Waals surface area contributed by atoms with Crippen LogP contribution in [-0.4, -0.2) is 0 Å². The fraction of sp³-hybridized carbons (Fsp3) is 0.571. The molecule has 2 rings (SSSR count). The van der Waals surface area contributed by atoms with Gasteiger partial charge in [0.15, 0.2) is 11.6 Å². The predicted molar refractivity (Wildman–Crippen MR) is 69.1 cm³/mol. The van der Waals surface area contributed by atoms with Gasteiger partial charge in [-0.05, 0) is 30.7 Å². The molecule has 0 N–H and O–H groups in total. The van der Waals surface area contributed by atoms with Crippen LogP contribution in [0.2, 0.25) is 0 Å². The third kappa shape index (κ3) is 2.90. The van der Waals surface area contributed by atoms with Gasteiger partial charge in [-0.3, -0.25) is 0 Å². The zero-order chi connectivity index (χ0) is 13.3. The molecule has 1 aliphatic carbocycles. The molecule has 0 aromatic heterocycles. The standard InChI is InChI=1S/C14H16BrF3/c1-8-2-4-9(5-3-8)14(15)10-6-12(17)13(18)7-11(10)16/h6-9,14H,2-5H2,1H3. The van der Waals surface area contributed by atoms with Gasteiger partial charge >= 0.3 is 0 Å². The van der Waals surface area contributed by atoms with E-state index in [2.05, 4.69) is 22.9 Å². The quantitative estimate of drug-likeness (QED) is 0.508. The molecule has 0 amide bonds. The summed E-state index contributed by atoms with van der Waals surface area (Å²) in [5.41, 5.74) is 0.230.